The molecule has 0 aliphatic carbocycles. The second kappa shape index (κ2) is 7.65. The highest BCUT2D eigenvalue weighted by molar-refractivity contribution is 5.99. The fourth-order valence-electron chi connectivity index (χ4n) is 2.35. The van der Waals surface area contributed by atoms with E-state index in [-0.39, 0.29) is 11.4 Å². The Bertz CT molecular complexity index is 838. The summed E-state index contributed by atoms with van der Waals surface area (Å²) in [6, 6.07) is 8.86. The molecule has 0 spiro atoms. The van der Waals surface area contributed by atoms with Crippen LogP contribution in [0, 0.1) is 13.8 Å². The van der Waals surface area contributed by atoms with E-state index in [9.17, 15) is 22.8 Å². The number of esters is 1. The van der Waals surface area contributed by atoms with Crippen molar-refractivity contribution < 1.29 is 32.5 Å². The molecule has 144 valence electrons. The van der Waals surface area contributed by atoms with Gasteiger partial charge < -0.3 is 4.74 Å². The third-order valence-corrected chi connectivity index (χ3v) is 3.81. The Morgan fingerprint density at radius 3 is 2.19 bits per heavy atom. The van der Waals surface area contributed by atoms with Crippen LogP contribution in [0.5, 0.6) is 0 Å². The number of nitrogens with one attached hydrogen (secondary N) is 3. The van der Waals surface area contributed by atoms with E-state index in [0.29, 0.717) is 5.56 Å². The monoisotopic (exact) mass is 382 g/mol. The maximum Gasteiger partial charge on any atom is 0.464 e. The van der Waals surface area contributed by atoms with E-state index in [4.69, 9.17) is 0 Å². The van der Waals surface area contributed by atoms with Crippen LogP contribution in [0.15, 0.2) is 42.6 Å². The molecule has 1 amide bonds. The van der Waals surface area contributed by atoms with Gasteiger partial charge in [0.2, 0.25) is 0 Å². The molecule has 2 rings (SSSR count). The number of carbonyl (C=O) groups excluding carboxylic acids is 2. The van der Waals surface area contributed by atoms with Gasteiger partial charge >= 0.3 is 17.8 Å². The van der Waals surface area contributed by atoms with Gasteiger partial charge in [0.15, 0.2) is 0 Å². The lowest BCUT2D eigenvalue weighted by Crippen LogP contribution is -2.69. The van der Waals surface area contributed by atoms with Crippen molar-refractivity contribution in [1.82, 2.24) is 5.32 Å². The van der Waals surface area contributed by atoms with E-state index < -0.39 is 23.7 Å². The number of pyridine rings is 1. The smallest absolute Gasteiger partial charge is 0.464 e. The fourth-order valence-corrected chi connectivity index (χ4v) is 2.35. The van der Waals surface area contributed by atoms with Gasteiger partial charge in [0.05, 0.1) is 13.3 Å². The highest BCUT2D eigenvalue weighted by Crippen LogP contribution is 2.32. The number of aromatic amines is 1. The summed E-state index contributed by atoms with van der Waals surface area (Å²) in [4.78, 5) is 27.2. The summed E-state index contributed by atoms with van der Waals surface area (Å²) < 4.78 is 46.2. The highest BCUT2D eigenvalue weighted by Gasteiger charge is 2.67. The average molecular weight is 382 g/mol. The number of methoxy groups -OCH3 is 1. The van der Waals surface area contributed by atoms with Gasteiger partial charge in [-0.15, -0.1) is 0 Å². The Hall–Kier alpha value is -3.10. The average Bonchev–Trinajstić information content (AvgIpc) is 2.60. The molecule has 0 fully saturated rings. The first-order valence-corrected chi connectivity index (χ1v) is 7.90. The van der Waals surface area contributed by atoms with Crippen molar-refractivity contribution >= 4 is 17.7 Å². The van der Waals surface area contributed by atoms with E-state index in [1.165, 1.54) is 24.4 Å². The summed E-state index contributed by atoms with van der Waals surface area (Å²) in [5.74, 6) is -2.91. The quantitative estimate of drug-likeness (QED) is 0.615. The number of hydrogen-bond acceptors (Lipinski definition) is 4. The number of amides is 1. The second-order valence-electron chi connectivity index (χ2n) is 5.96. The van der Waals surface area contributed by atoms with Gasteiger partial charge in [0.25, 0.3) is 11.7 Å². The van der Waals surface area contributed by atoms with Crippen LogP contribution in [-0.2, 0) is 9.53 Å². The van der Waals surface area contributed by atoms with Gasteiger partial charge in [0.1, 0.15) is 0 Å². The molecule has 27 heavy (non-hydrogen) atoms. The molecule has 1 aromatic carbocycles. The predicted molar refractivity (Wildman–Crippen MR) is 90.8 cm³/mol. The minimum atomic E-state index is -5.20. The maximum absolute atomic E-state index is 13.9. The predicted octanol–water partition coefficient (Wildman–Crippen LogP) is 2.39. The maximum atomic E-state index is 13.9. The number of alkyl halides is 3. The summed E-state index contributed by atoms with van der Waals surface area (Å²) in [5.41, 5.74) is -2.04. The molecular weight excluding hydrogens is 363 g/mol. The number of hydrogen-bond donors (Lipinski definition) is 2. The molecule has 1 aromatic heterocycles. The van der Waals surface area contributed by atoms with Crippen molar-refractivity contribution in [2.75, 3.05) is 12.4 Å². The van der Waals surface area contributed by atoms with E-state index in [1.54, 1.807) is 37.4 Å². The normalized spacial score (nSPS) is 13.4. The molecule has 9 heteroatoms. The lowest BCUT2D eigenvalue weighted by Gasteiger charge is -2.30. The zero-order valence-corrected chi connectivity index (χ0v) is 14.9. The first-order chi connectivity index (χ1) is 12.6. The summed E-state index contributed by atoms with van der Waals surface area (Å²) in [7, 11) is 0.808. The van der Waals surface area contributed by atoms with E-state index >= 15 is 0 Å². The molecule has 0 saturated heterocycles. The minimum Gasteiger partial charge on any atom is -0.464 e. The molecule has 1 atom stereocenters. The van der Waals surface area contributed by atoms with Crippen LogP contribution < -0.4 is 15.6 Å². The molecule has 0 aliphatic rings. The highest BCUT2D eigenvalue weighted by atomic mass is 19.4. The molecule has 1 heterocycles. The van der Waals surface area contributed by atoms with Crippen molar-refractivity contribution in [2.45, 2.75) is 25.7 Å². The van der Waals surface area contributed by atoms with Gasteiger partial charge in [-0.25, -0.2) is 15.1 Å². The zero-order chi connectivity index (χ0) is 20.2. The summed E-state index contributed by atoms with van der Waals surface area (Å²) in [5, 5.41) is 3.80. The zero-order valence-electron chi connectivity index (χ0n) is 14.9. The van der Waals surface area contributed by atoms with Crippen molar-refractivity contribution in [3.8, 4) is 0 Å². The first-order valence-electron chi connectivity index (χ1n) is 7.90. The van der Waals surface area contributed by atoms with Crippen molar-refractivity contribution in [2.24, 2.45) is 0 Å². The first kappa shape index (κ1) is 20.2. The molecular formula is C18H19F3N3O3+. The van der Waals surface area contributed by atoms with Crippen LogP contribution in [0.1, 0.15) is 21.5 Å². The van der Waals surface area contributed by atoms with Crippen LogP contribution in [0.3, 0.4) is 0 Å². The number of H-pyrrole nitrogens is 1. The van der Waals surface area contributed by atoms with Crippen LogP contribution >= 0.6 is 0 Å². The lowest BCUT2D eigenvalue weighted by atomic mass is 10.1. The summed E-state index contributed by atoms with van der Waals surface area (Å²) >= 11 is 0. The molecule has 6 nitrogen and oxygen atoms in total. The Kier molecular flexibility index (Phi) is 5.72. The Morgan fingerprint density at radius 1 is 1.04 bits per heavy atom. The summed E-state index contributed by atoms with van der Waals surface area (Å²) in [6.45, 7) is 3.43. The van der Waals surface area contributed by atoms with E-state index in [0.717, 1.165) is 12.7 Å². The van der Waals surface area contributed by atoms with E-state index in [2.05, 4.69) is 9.72 Å². The number of aromatic nitrogens is 1. The van der Waals surface area contributed by atoms with Gasteiger partial charge in [-0.3, -0.25) is 10.1 Å². The Labute approximate surface area is 153 Å². The number of benzene rings is 1. The SMILES string of the molecule is COC(=O)[C@@](NC(=O)c1ccc(C)cc1)(Nc1cc(C)cc[nH+]1)C(F)(F)F. The van der Waals surface area contributed by atoms with Crippen molar-refractivity contribution in [3.05, 3.63) is 59.3 Å². The number of halogens is 3. The van der Waals surface area contributed by atoms with Crippen LogP contribution in [0.25, 0.3) is 0 Å². The van der Waals surface area contributed by atoms with Crippen LogP contribution in [0.2, 0.25) is 0 Å². The third kappa shape index (κ3) is 4.36. The number of anilines is 1. The minimum absolute atomic E-state index is 0.0341. The lowest BCUT2D eigenvalue weighted by molar-refractivity contribution is -0.363. The molecule has 0 saturated carbocycles. The third-order valence-electron chi connectivity index (χ3n) is 3.81. The molecule has 0 bridgehead atoms. The topological polar surface area (TPSA) is 81.6 Å². The number of carbonyl (C=O) groups is 2. The fraction of sp³-hybridized carbons (Fsp3) is 0.278. The van der Waals surface area contributed by atoms with Gasteiger partial charge in [-0.1, -0.05) is 17.7 Å². The molecule has 2 aromatic rings. The molecule has 0 radical (unpaired) electrons. The Balaban J connectivity index is 2.48. The van der Waals surface area contributed by atoms with E-state index in [1.807, 2.05) is 5.32 Å². The Morgan fingerprint density at radius 2 is 1.67 bits per heavy atom. The molecule has 3 N–H and O–H groups in total. The van der Waals surface area contributed by atoms with Gasteiger partial charge in [0, 0.05) is 11.6 Å². The number of rotatable bonds is 5. The number of ether oxygens (including phenoxy) is 1. The van der Waals surface area contributed by atoms with Gasteiger partial charge in [-0.2, -0.15) is 13.2 Å². The van der Waals surface area contributed by atoms with Gasteiger partial charge in [-0.05, 0) is 37.6 Å². The van der Waals surface area contributed by atoms with Crippen LogP contribution in [0.4, 0.5) is 19.0 Å². The molecule has 0 unspecified atom stereocenters. The van der Waals surface area contributed by atoms with Crippen molar-refractivity contribution in [1.29, 1.82) is 0 Å². The van der Waals surface area contributed by atoms with Crippen LogP contribution in [-0.4, -0.2) is 30.8 Å². The summed E-state index contributed by atoms with van der Waals surface area (Å²) in [6.07, 6.45) is -3.80. The standard InChI is InChI=1S/C18H18F3N3O3/c1-11-4-6-13(7-5-11)15(25)24-17(16(26)27-3,18(19,20)21)23-14-10-12(2)8-9-22-14/h4-10H,1-3H3,(H,22,23)(H,24,25)/p+1/t17-/m0/s1. The number of aryl methyl sites for hydroxylation is 2. The van der Waals surface area contributed by atoms with Crippen molar-refractivity contribution in [3.63, 3.8) is 0 Å². The largest absolute Gasteiger partial charge is 0.464 e. The molecule has 0 aliphatic heterocycles. The second-order valence-corrected chi connectivity index (χ2v) is 5.96.